The second-order valence-electron chi connectivity index (χ2n) is 5.70. The topological polar surface area (TPSA) is 66.0 Å². The Balaban J connectivity index is 1.89. The van der Waals surface area contributed by atoms with Gasteiger partial charge in [-0.1, -0.05) is 35.9 Å². The lowest BCUT2D eigenvalue weighted by Gasteiger charge is -2.22. The van der Waals surface area contributed by atoms with Gasteiger partial charge in [-0.15, -0.1) is 0 Å². The molecule has 7 heteroatoms. The lowest BCUT2D eigenvalue weighted by Crippen LogP contribution is -2.38. The van der Waals surface area contributed by atoms with Crippen LogP contribution < -0.4 is 10.6 Å². The Morgan fingerprint density at radius 1 is 1.12 bits per heavy atom. The van der Waals surface area contributed by atoms with E-state index in [1.807, 2.05) is 60.5 Å². The van der Waals surface area contributed by atoms with E-state index in [-0.39, 0.29) is 0 Å². The van der Waals surface area contributed by atoms with Gasteiger partial charge in [0.25, 0.3) is 0 Å². The predicted molar refractivity (Wildman–Crippen MR) is 106 cm³/mol. The zero-order chi connectivity index (χ0) is 18.9. The van der Waals surface area contributed by atoms with Crippen LogP contribution in [0.5, 0.6) is 0 Å². The molecular formula is C19H23ClN4O2. The standard InChI is InChI=1S/C19H23ClN4O2/c1-21-18(24(2)13-15-4-8-16(20)9-5-15)22-12-14-6-10-17(11-7-14)23-19(25)26-3/h4-11H,12-13H2,1-3H3,(H,21,22)(H,23,25). The maximum Gasteiger partial charge on any atom is 0.411 e. The van der Waals surface area contributed by atoms with Gasteiger partial charge >= 0.3 is 6.09 Å². The molecular weight excluding hydrogens is 352 g/mol. The number of amides is 1. The molecule has 0 unspecified atom stereocenters. The van der Waals surface area contributed by atoms with Gasteiger partial charge in [-0.25, -0.2) is 4.79 Å². The number of benzene rings is 2. The van der Waals surface area contributed by atoms with Crippen LogP contribution in [0.4, 0.5) is 10.5 Å². The van der Waals surface area contributed by atoms with Gasteiger partial charge in [-0.05, 0) is 35.4 Å². The molecule has 2 rings (SSSR count). The molecule has 0 aromatic heterocycles. The van der Waals surface area contributed by atoms with Crippen LogP contribution >= 0.6 is 11.6 Å². The first-order valence-electron chi connectivity index (χ1n) is 8.12. The fourth-order valence-electron chi connectivity index (χ4n) is 2.38. The van der Waals surface area contributed by atoms with E-state index in [1.54, 1.807) is 7.05 Å². The molecule has 2 aromatic rings. The number of methoxy groups -OCH3 is 1. The van der Waals surface area contributed by atoms with E-state index in [9.17, 15) is 4.79 Å². The van der Waals surface area contributed by atoms with Gasteiger partial charge < -0.3 is 15.0 Å². The third-order valence-electron chi connectivity index (χ3n) is 3.74. The molecule has 26 heavy (non-hydrogen) atoms. The van der Waals surface area contributed by atoms with Gasteiger partial charge in [-0.3, -0.25) is 10.3 Å². The highest BCUT2D eigenvalue weighted by Crippen LogP contribution is 2.12. The van der Waals surface area contributed by atoms with Gasteiger partial charge in [0, 0.05) is 37.9 Å². The number of rotatable bonds is 5. The molecule has 1 amide bonds. The molecule has 0 heterocycles. The number of nitrogens with zero attached hydrogens (tertiary/aromatic N) is 2. The number of guanidine groups is 1. The number of hydrogen-bond acceptors (Lipinski definition) is 3. The number of halogens is 1. The van der Waals surface area contributed by atoms with E-state index in [4.69, 9.17) is 11.6 Å². The molecule has 0 spiro atoms. The zero-order valence-electron chi connectivity index (χ0n) is 15.1. The molecule has 0 bridgehead atoms. The fraction of sp³-hybridized carbons (Fsp3) is 0.263. The van der Waals surface area contributed by atoms with Crippen LogP contribution in [0.1, 0.15) is 11.1 Å². The van der Waals surface area contributed by atoms with E-state index in [1.165, 1.54) is 7.11 Å². The lowest BCUT2D eigenvalue weighted by atomic mass is 10.2. The number of carbonyl (C=O) groups is 1. The predicted octanol–water partition coefficient (Wildman–Crippen LogP) is 3.73. The van der Waals surface area contributed by atoms with Crippen LogP contribution in [0, 0.1) is 0 Å². The molecule has 0 saturated heterocycles. The normalized spacial score (nSPS) is 11.0. The van der Waals surface area contributed by atoms with Crippen molar-refractivity contribution < 1.29 is 9.53 Å². The number of nitrogens with one attached hydrogen (secondary N) is 2. The molecule has 0 saturated carbocycles. The molecule has 0 aliphatic carbocycles. The molecule has 0 radical (unpaired) electrons. The van der Waals surface area contributed by atoms with E-state index < -0.39 is 6.09 Å². The van der Waals surface area contributed by atoms with E-state index in [0.29, 0.717) is 12.2 Å². The number of aliphatic imine (C=N–C) groups is 1. The van der Waals surface area contributed by atoms with Crippen molar-refractivity contribution in [2.24, 2.45) is 4.99 Å². The second kappa shape index (κ2) is 9.68. The summed E-state index contributed by atoms with van der Waals surface area (Å²) in [7, 11) is 5.07. The van der Waals surface area contributed by atoms with Gasteiger partial charge in [0.05, 0.1) is 7.11 Å². The summed E-state index contributed by atoms with van der Waals surface area (Å²) in [5.41, 5.74) is 2.91. The number of hydrogen-bond donors (Lipinski definition) is 2. The summed E-state index contributed by atoms with van der Waals surface area (Å²) in [4.78, 5) is 17.5. The minimum Gasteiger partial charge on any atom is -0.453 e. The van der Waals surface area contributed by atoms with Crippen molar-refractivity contribution >= 4 is 29.3 Å². The third kappa shape index (κ3) is 5.97. The molecule has 2 N–H and O–H groups in total. The van der Waals surface area contributed by atoms with Crippen LogP contribution in [0.2, 0.25) is 5.02 Å². The summed E-state index contributed by atoms with van der Waals surface area (Å²) >= 11 is 5.92. The van der Waals surface area contributed by atoms with Crippen LogP contribution in [0.3, 0.4) is 0 Å². The quantitative estimate of drug-likeness (QED) is 0.618. The third-order valence-corrected chi connectivity index (χ3v) is 3.99. The van der Waals surface area contributed by atoms with Crippen LogP contribution in [-0.4, -0.2) is 38.2 Å². The van der Waals surface area contributed by atoms with Crippen molar-refractivity contribution in [3.63, 3.8) is 0 Å². The Bertz CT molecular complexity index is 745. The lowest BCUT2D eigenvalue weighted by molar-refractivity contribution is 0.187. The van der Waals surface area contributed by atoms with Crippen LogP contribution in [0.15, 0.2) is 53.5 Å². The van der Waals surface area contributed by atoms with Crippen LogP contribution in [0.25, 0.3) is 0 Å². The molecule has 6 nitrogen and oxygen atoms in total. The van der Waals surface area contributed by atoms with Gasteiger partial charge in [0.2, 0.25) is 0 Å². The minimum absolute atomic E-state index is 0.486. The second-order valence-corrected chi connectivity index (χ2v) is 6.13. The van der Waals surface area contributed by atoms with Gasteiger partial charge in [-0.2, -0.15) is 0 Å². The van der Waals surface area contributed by atoms with E-state index in [0.717, 1.165) is 28.7 Å². The maximum atomic E-state index is 11.2. The highest BCUT2D eigenvalue weighted by atomic mass is 35.5. The SMILES string of the molecule is CN=C(NCc1ccc(NC(=O)OC)cc1)N(C)Cc1ccc(Cl)cc1. The van der Waals surface area contributed by atoms with Crippen molar-refractivity contribution in [2.75, 3.05) is 26.5 Å². The largest absolute Gasteiger partial charge is 0.453 e. The number of anilines is 1. The number of ether oxygens (including phenoxy) is 1. The monoisotopic (exact) mass is 374 g/mol. The Labute approximate surface area is 158 Å². The Kier molecular flexibility index (Phi) is 7.29. The summed E-state index contributed by atoms with van der Waals surface area (Å²) in [5.74, 6) is 0.789. The van der Waals surface area contributed by atoms with Gasteiger partial charge in [0.15, 0.2) is 5.96 Å². The maximum absolute atomic E-state index is 11.2. The first-order chi connectivity index (χ1) is 12.5. The van der Waals surface area contributed by atoms with Crippen molar-refractivity contribution in [1.82, 2.24) is 10.2 Å². The highest BCUT2D eigenvalue weighted by molar-refractivity contribution is 6.30. The Morgan fingerprint density at radius 3 is 2.31 bits per heavy atom. The molecule has 2 aromatic carbocycles. The van der Waals surface area contributed by atoms with E-state index in [2.05, 4.69) is 20.4 Å². The van der Waals surface area contributed by atoms with Crippen molar-refractivity contribution in [3.05, 3.63) is 64.7 Å². The molecule has 0 atom stereocenters. The molecule has 0 aliphatic heterocycles. The summed E-state index contributed by atoms with van der Waals surface area (Å²) in [5, 5.41) is 6.67. The number of carbonyl (C=O) groups excluding carboxylic acids is 1. The Hall–Kier alpha value is -2.73. The fourth-order valence-corrected chi connectivity index (χ4v) is 2.51. The minimum atomic E-state index is -0.486. The summed E-state index contributed by atoms with van der Waals surface area (Å²) < 4.78 is 4.57. The van der Waals surface area contributed by atoms with Crippen molar-refractivity contribution in [2.45, 2.75) is 13.1 Å². The molecule has 0 aliphatic rings. The molecule has 0 fully saturated rings. The summed E-state index contributed by atoms with van der Waals surface area (Å²) in [6, 6.07) is 15.3. The molecule has 138 valence electrons. The van der Waals surface area contributed by atoms with Crippen molar-refractivity contribution in [3.8, 4) is 0 Å². The first-order valence-corrected chi connectivity index (χ1v) is 8.49. The smallest absolute Gasteiger partial charge is 0.411 e. The van der Waals surface area contributed by atoms with E-state index >= 15 is 0 Å². The average Bonchev–Trinajstić information content (AvgIpc) is 2.65. The first kappa shape index (κ1) is 19.6. The van der Waals surface area contributed by atoms with Crippen molar-refractivity contribution in [1.29, 1.82) is 0 Å². The zero-order valence-corrected chi connectivity index (χ0v) is 15.9. The van der Waals surface area contributed by atoms with Gasteiger partial charge in [0.1, 0.15) is 0 Å². The van der Waals surface area contributed by atoms with Crippen LogP contribution in [-0.2, 0) is 17.8 Å². The average molecular weight is 375 g/mol. The summed E-state index contributed by atoms with van der Waals surface area (Å²) in [6.07, 6.45) is -0.486. The summed E-state index contributed by atoms with van der Waals surface area (Å²) in [6.45, 7) is 1.34. The Morgan fingerprint density at radius 2 is 1.73 bits per heavy atom. The highest BCUT2D eigenvalue weighted by Gasteiger charge is 2.07.